The molecule has 0 spiro atoms. The molecule has 31 heavy (non-hydrogen) atoms. The minimum atomic E-state index is -3.67. The molecule has 1 N–H and O–H groups in total. The maximum Gasteiger partial charge on any atom is 0.253 e. The lowest BCUT2D eigenvalue weighted by atomic mass is 10.0. The lowest BCUT2D eigenvalue weighted by molar-refractivity contribution is 0.0643. The highest BCUT2D eigenvalue weighted by molar-refractivity contribution is 7.89. The van der Waals surface area contributed by atoms with Crippen molar-refractivity contribution in [3.8, 4) is 0 Å². The highest BCUT2D eigenvalue weighted by Gasteiger charge is 2.26. The van der Waals surface area contributed by atoms with E-state index in [-0.39, 0.29) is 23.4 Å². The molecule has 1 aliphatic rings. The molecular weight excluding hydrogens is 412 g/mol. The molecule has 1 saturated heterocycles. The van der Waals surface area contributed by atoms with Gasteiger partial charge in [-0.25, -0.2) is 13.1 Å². The third-order valence-corrected chi connectivity index (χ3v) is 7.07. The van der Waals surface area contributed by atoms with Gasteiger partial charge in [0.2, 0.25) is 10.0 Å². The summed E-state index contributed by atoms with van der Waals surface area (Å²) in [5.41, 5.74) is 1.47. The van der Waals surface area contributed by atoms with Crippen molar-refractivity contribution in [2.45, 2.75) is 30.2 Å². The number of benzene rings is 1. The zero-order valence-corrected chi connectivity index (χ0v) is 18.7. The minimum Gasteiger partial charge on any atom is -0.339 e. The maximum absolute atomic E-state index is 13.0. The van der Waals surface area contributed by atoms with Crippen LogP contribution in [0.2, 0.25) is 0 Å². The number of sulfonamides is 1. The number of carbonyl (C=O) groups excluding carboxylic acids is 1. The summed E-state index contributed by atoms with van der Waals surface area (Å²) in [6, 6.07) is 12.3. The van der Waals surface area contributed by atoms with E-state index in [1.165, 1.54) is 18.2 Å². The number of carbonyl (C=O) groups is 1. The quantitative estimate of drug-likeness (QED) is 0.603. The van der Waals surface area contributed by atoms with Crippen LogP contribution in [-0.4, -0.2) is 68.4 Å². The van der Waals surface area contributed by atoms with Gasteiger partial charge in [0.25, 0.3) is 5.91 Å². The largest absolute Gasteiger partial charge is 0.339 e. The van der Waals surface area contributed by atoms with Crippen LogP contribution in [0.4, 0.5) is 0 Å². The average molecular weight is 443 g/mol. The number of hydrogen-bond donors (Lipinski definition) is 1. The van der Waals surface area contributed by atoms with Crippen LogP contribution in [0.5, 0.6) is 0 Å². The van der Waals surface area contributed by atoms with Gasteiger partial charge in [-0.3, -0.25) is 9.78 Å². The van der Waals surface area contributed by atoms with E-state index in [1.807, 2.05) is 24.4 Å². The maximum atomic E-state index is 13.0. The van der Waals surface area contributed by atoms with Gasteiger partial charge in [0.15, 0.2) is 0 Å². The van der Waals surface area contributed by atoms with E-state index in [0.29, 0.717) is 5.56 Å². The predicted molar refractivity (Wildman–Crippen MR) is 121 cm³/mol. The first-order valence-corrected chi connectivity index (χ1v) is 12.0. The second-order valence-corrected chi connectivity index (χ2v) is 9.50. The number of pyridine rings is 1. The molecule has 1 aromatic carbocycles. The Bertz CT molecular complexity index is 987. The fourth-order valence-electron chi connectivity index (χ4n) is 3.77. The summed E-state index contributed by atoms with van der Waals surface area (Å²) in [4.78, 5) is 21.6. The van der Waals surface area contributed by atoms with Gasteiger partial charge in [-0.1, -0.05) is 18.2 Å². The molecule has 2 heterocycles. The van der Waals surface area contributed by atoms with Crippen molar-refractivity contribution in [2.75, 3.05) is 33.2 Å². The zero-order chi connectivity index (χ0) is 22.3. The first-order chi connectivity index (χ1) is 14.9. The van der Waals surface area contributed by atoms with Crippen LogP contribution in [-0.2, 0) is 16.4 Å². The molecule has 0 unspecified atom stereocenters. The highest BCUT2D eigenvalue weighted by Crippen LogP contribution is 2.19. The number of likely N-dealkylation sites (tertiary alicyclic amines) is 1. The molecule has 0 atom stereocenters. The van der Waals surface area contributed by atoms with Crippen molar-refractivity contribution in [2.24, 2.45) is 0 Å². The molecule has 2 aromatic rings. The molecule has 166 valence electrons. The first-order valence-electron chi connectivity index (χ1n) is 10.5. The molecule has 0 radical (unpaired) electrons. The molecule has 3 rings (SSSR count). The van der Waals surface area contributed by atoms with Crippen LogP contribution in [0, 0.1) is 0 Å². The fourth-order valence-corrected chi connectivity index (χ4v) is 4.81. The van der Waals surface area contributed by atoms with Crippen molar-refractivity contribution in [1.82, 2.24) is 19.5 Å². The number of aromatic nitrogens is 1. The Morgan fingerprint density at radius 2 is 2.03 bits per heavy atom. The second-order valence-electron chi connectivity index (χ2n) is 7.73. The molecule has 0 aliphatic carbocycles. The Labute approximate surface area is 184 Å². The molecule has 1 fully saturated rings. The van der Waals surface area contributed by atoms with E-state index in [0.717, 1.165) is 44.6 Å². The smallest absolute Gasteiger partial charge is 0.253 e. The van der Waals surface area contributed by atoms with Gasteiger partial charge in [-0.2, -0.15) is 0 Å². The van der Waals surface area contributed by atoms with Crippen LogP contribution < -0.4 is 4.72 Å². The summed E-state index contributed by atoms with van der Waals surface area (Å²) in [7, 11) is -1.87. The minimum absolute atomic E-state index is 0.0814. The number of nitrogens with zero attached hydrogens (tertiary/aromatic N) is 3. The van der Waals surface area contributed by atoms with Crippen molar-refractivity contribution < 1.29 is 13.2 Å². The van der Waals surface area contributed by atoms with E-state index < -0.39 is 10.0 Å². The van der Waals surface area contributed by atoms with Crippen LogP contribution in [0.3, 0.4) is 0 Å². The summed E-state index contributed by atoms with van der Waals surface area (Å²) in [6.07, 6.45) is 6.00. The van der Waals surface area contributed by atoms with Crippen LogP contribution in [0.15, 0.2) is 66.2 Å². The van der Waals surface area contributed by atoms with Gasteiger partial charge in [0.1, 0.15) is 0 Å². The summed E-state index contributed by atoms with van der Waals surface area (Å²) in [6.45, 7) is 6.46. The number of nitrogens with one attached hydrogen (secondary N) is 1. The highest BCUT2D eigenvalue weighted by atomic mass is 32.2. The number of piperidine rings is 1. The van der Waals surface area contributed by atoms with E-state index in [2.05, 4.69) is 21.2 Å². The second kappa shape index (κ2) is 10.7. The lowest BCUT2D eigenvalue weighted by Gasteiger charge is -2.36. The van der Waals surface area contributed by atoms with Crippen LogP contribution in [0.25, 0.3) is 0 Å². The van der Waals surface area contributed by atoms with Gasteiger partial charge in [0.05, 0.1) is 4.90 Å². The van der Waals surface area contributed by atoms with Gasteiger partial charge < -0.3 is 9.80 Å². The normalized spacial score (nSPS) is 15.5. The molecule has 1 aromatic heterocycles. The fraction of sp³-hybridized carbons (Fsp3) is 0.391. The topological polar surface area (TPSA) is 82.6 Å². The Kier molecular flexibility index (Phi) is 7.95. The van der Waals surface area contributed by atoms with E-state index in [4.69, 9.17) is 0 Å². The number of rotatable bonds is 9. The number of hydrogen-bond acceptors (Lipinski definition) is 5. The van der Waals surface area contributed by atoms with Crippen molar-refractivity contribution in [3.05, 3.63) is 72.6 Å². The Morgan fingerprint density at radius 1 is 1.26 bits per heavy atom. The molecule has 1 amide bonds. The summed E-state index contributed by atoms with van der Waals surface area (Å²) < 4.78 is 27.1. The van der Waals surface area contributed by atoms with E-state index >= 15 is 0 Å². The third-order valence-electron chi connectivity index (χ3n) is 5.64. The number of amides is 1. The van der Waals surface area contributed by atoms with E-state index in [9.17, 15) is 13.2 Å². The zero-order valence-electron chi connectivity index (χ0n) is 17.9. The molecule has 7 nitrogen and oxygen atoms in total. The summed E-state index contributed by atoms with van der Waals surface area (Å²) in [5.74, 6) is -0.160. The third kappa shape index (κ3) is 6.22. The summed E-state index contributed by atoms with van der Waals surface area (Å²) in [5, 5.41) is 0. The monoisotopic (exact) mass is 442 g/mol. The van der Waals surface area contributed by atoms with Gasteiger partial charge in [-0.05, 0) is 43.2 Å². The standard InChI is InChI=1S/C23H30N4O3S/c1-3-13-25-31(29,30)22-9-6-7-19(18-22)23(28)26(2)21-11-16-27(17-12-21)15-10-20-8-4-5-14-24-20/h3-9,14,18,21,25H,1,10-13,15-17H2,2H3. The SMILES string of the molecule is C=CCNS(=O)(=O)c1cccc(C(=O)N(C)C2CCN(CCc3ccccn3)CC2)c1. The predicted octanol–water partition coefficient (Wildman–Crippen LogP) is 2.32. The van der Waals surface area contributed by atoms with Crippen LogP contribution >= 0.6 is 0 Å². The van der Waals surface area contributed by atoms with Crippen LogP contribution in [0.1, 0.15) is 28.9 Å². The summed E-state index contributed by atoms with van der Waals surface area (Å²) >= 11 is 0. The van der Waals surface area contributed by atoms with Crippen molar-refractivity contribution in [3.63, 3.8) is 0 Å². The molecule has 0 saturated carbocycles. The average Bonchev–Trinajstić information content (AvgIpc) is 2.81. The molecule has 8 heteroatoms. The van der Waals surface area contributed by atoms with Crippen molar-refractivity contribution >= 4 is 15.9 Å². The molecule has 0 bridgehead atoms. The van der Waals surface area contributed by atoms with Gasteiger partial charge in [-0.15, -0.1) is 6.58 Å². The van der Waals surface area contributed by atoms with E-state index in [1.54, 1.807) is 24.1 Å². The lowest BCUT2D eigenvalue weighted by Crippen LogP contribution is -2.46. The molecule has 1 aliphatic heterocycles. The van der Waals surface area contributed by atoms with Crippen molar-refractivity contribution in [1.29, 1.82) is 0 Å². The Morgan fingerprint density at radius 3 is 2.71 bits per heavy atom. The molecular formula is C23H30N4O3S. The van der Waals surface area contributed by atoms with Gasteiger partial charge in [0, 0.05) is 63.1 Å². The van der Waals surface area contributed by atoms with Gasteiger partial charge >= 0.3 is 0 Å². The Balaban J connectivity index is 1.56. The first kappa shape index (κ1) is 23.1. The Hall–Kier alpha value is -2.55.